The number of hydrogen-bond acceptors (Lipinski definition) is 3. The van der Waals surface area contributed by atoms with Crippen LogP contribution in [0.3, 0.4) is 0 Å². The monoisotopic (exact) mass is 655 g/mol. The largest absolute Gasteiger partial charge is 0.455 e. The number of hydrogen-bond donors (Lipinski definition) is 0. The molecule has 51 heavy (non-hydrogen) atoms. The first-order chi connectivity index (χ1) is 25.1. The molecule has 2 aliphatic carbocycles. The molecule has 3 aromatic heterocycles. The lowest BCUT2D eigenvalue weighted by Gasteiger charge is -2.26. The van der Waals surface area contributed by atoms with Gasteiger partial charge in [0.1, 0.15) is 11.2 Å². The van der Waals surface area contributed by atoms with E-state index in [0.717, 1.165) is 56.5 Å². The number of para-hydroxylation sites is 3. The van der Waals surface area contributed by atoms with Crippen LogP contribution in [0.25, 0.3) is 82.6 Å². The van der Waals surface area contributed by atoms with Crippen LogP contribution in [0.1, 0.15) is 43.3 Å². The summed E-state index contributed by atoms with van der Waals surface area (Å²) in [7, 11) is 0. The zero-order valence-electron chi connectivity index (χ0n) is 28.4. The lowest BCUT2D eigenvalue weighted by molar-refractivity contribution is 0.626. The Kier molecular flexibility index (Phi) is 5.81. The highest BCUT2D eigenvalue weighted by molar-refractivity contribution is 6.31. The van der Waals surface area contributed by atoms with Gasteiger partial charge in [-0.05, 0) is 41.3 Å². The van der Waals surface area contributed by atoms with Crippen LogP contribution < -0.4 is 0 Å². The van der Waals surface area contributed by atoms with Crippen molar-refractivity contribution in [2.75, 3.05) is 0 Å². The summed E-state index contributed by atoms with van der Waals surface area (Å²) in [6.07, 6.45) is 7.75. The van der Waals surface area contributed by atoms with Gasteiger partial charge in [0, 0.05) is 54.6 Å². The van der Waals surface area contributed by atoms with Crippen molar-refractivity contribution in [1.82, 2.24) is 14.5 Å². The molecule has 3 heterocycles. The van der Waals surface area contributed by atoms with Gasteiger partial charge in [-0.1, -0.05) is 141 Å². The quantitative estimate of drug-likeness (QED) is 0.190. The molecule has 0 N–H and O–H groups in total. The number of benzene rings is 6. The van der Waals surface area contributed by atoms with Crippen LogP contribution in [-0.2, 0) is 5.41 Å². The summed E-state index contributed by atoms with van der Waals surface area (Å²) < 4.78 is 9.46. The minimum atomic E-state index is -0.227. The zero-order valence-corrected chi connectivity index (χ0v) is 28.4. The number of rotatable bonds is 3. The molecule has 0 bridgehead atoms. The van der Waals surface area contributed by atoms with Gasteiger partial charge in [0.25, 0.3) is 0 Å². The first-order valence-electron chi connectivity index (χ1n) is 17.8. The van der Waals surface area contributed by atoms with E-state index in [1.165, 1.54) is 49.4 Å². The SMILES string of the molecule is CC1(C)c2ccccc2-c2c1c1c(c3ccccc3n1C1C=CC(c3nc(-c4ccccc4)c4ccccc4n3)=CC1)c1c2oc2ccccc21. The molecule has 2 aliphatic rings. The highest BCUT2D eigenvalue weighted by Crippen LogP contribution is 2.58. The van der Waals surface area contributed by atoms with Crippen molar-refractivity contribution in [2.45, 2.75) is 31.7 Å². The summed E-state index contributed by atoms with van der Waals surface area (Å²) in [5.41, 5.74) is 13.5. The summed E-state index contributed by atoms with van der Waals surface area (Å²) in [5, 5.41) is 5.96. The number of furan rings is 1. The molecular weight excluding hydrogens is 623 g/mol. The summed E-state index contributed by atoms with van der Waals surface area (Å²) >= 11 is 0. The molecule has 0 saturated carbocycles. The number of nitrogens with zero attached hydrogens (tertiary/aromatic N) is 3. The van der Waals surface area contributed by atoms with Gasteiger partial charge in [-0.15, -0.1) is 0 Å². The lowest BCUT2D eigenvalue weighted by atomic mass is 9.81. The van der Waals surface area contributed by atoms with Crippen LogP contribution in [0.15, 0.2) is 150 Å². The molecule has 0 saturated heterocycles. The molecule has 11 rings (SSSR count). The van der Waals surface area contributed by atoms with E-state index in [1.807, 2.05) is 6.07 Å². The Balaban J connectivity index is 1.15. The molecule has 1 unspecified atom stereocenters. The van der Waals surface area contributed by atoms with Crippen LogP contribution >= 0.6 is 0 Å². The minimum absolute atomic E-state index is 0.101. The van der Waals surface area contributed by atoms with E-state index in [1.54, 1.807) is 0 Å². The zero-order chi connectivity index (χ0) is 33.8. The molecule has 1 atom stereocenters. The fourth-order valence-electron chi connectivity index (χ4n) is 9.04. The topological polar surface area (TPSA) is 43.9 Å². The molecular formula is C47H33N3O. The highest BCUT2D eigenvalue weighted by Gasteiger charge is 2.42. The standard InChI is InChI=1S/C47H33N3O/c1-47(2)35-20-10-6-16-31(35)41-42(47)44-39(40-34-19-9-13-23-38(34)51-45(40)41)33-18-8-12-22-37(33)50(44)30-26-24-29(25-27-30)46-48-36-21-11-7-17-32(36)43(49-46)28-14-4-3-5-15-28/h3-26,30H,27H2,1-2H3. The van der Waals surface area contributed by atoms with Crippen molar-refractivity contribution in [3.05, 3.63) is 163 Å². The smallest absolute Gasteiger partial charge is 0.160 e. The van der Waals surface area contributed by atoms with Gasteiger partial charge in [0.2, 0.25) is 0 Å². The Hall–Kier alpha value is -6.26. The first-order valence-corrected chi connectivity index (χ1v) is 17.8. The Morgan fingerprint density at radius 2 is 1.43 bits per heavy atom. The molecule has 0 aliphatic heterocycles. The van der Waals surface area contributed by atoms with E-state index in [4.69, 9.17) is 14.4 Å². The predicted molar refractivity (Wildman–Crippen MR) is 210 cm³/mol. The van der Waals surface area contributed by atoms with Crippen molar-refractivity contribution < 1.29 is 4.42 Å². The Morgan fingerprint density at radius 1 is 0.706 bits per heavy atom. The molecule has 0 amide bonds. The summed E-state index contributed by atoms with van der Waals surface area (Å²) in [4.78, 5) is 10.3. The van der Waals surface area contributed by atoms with Gasteiger partial charge in [-0.3, -0.25) is 0 Å². The van der Waals surface area contributed by atoms with Crippen LogP contribution in [-0.4, -0.2) is 14.5 Å². The lowest BCUT2D eigenvalue weighted by Crippen LogP contribution is -2.18. The van der Waals surface area contributed by atoms with Crippen LogP contribution in [0.5, 0.6) is 0 Å². The second-order valence-corrected chi connectivity index (χ2v) is 14.4. The fraction of sp³-hybridized carbons (Fsp3) is 0.106. The van der Waals surface area contributed by atoms with Crippen molar-refractivity contribution >= 4 is 60.2 Å². The number of aromatic nitrogens is 3. The molecule has 0 spiro atoms. The highest BCUT2D eigenvalue weighted by atomic mass is 16.3. The van der Waals surface area contributed by atoms with Crippen LogP contribution in [0.4, 0.5) is 0 Å². The predicted octanol–water partition coefficient (Wildman–Crippen LogP) is 12.2. The van der Waals surface area contributed by atoms with Crippen LogP contribution in [0.2, 0.25) is 0 Å². The summed E-state index contributed by atoms with van der Waals surface area (Å²) in [6.45, 7) is 4.76. The Bertz CT molecular complexity index is 2980. The maximum atomic E-state index is 6.85. The van der Waals surface area contributed by atoms with E-state index in [-0.39, 0.29) is 11.5 Å². The van der Waals surface area contributed by atoms with Gasteiger partial charge in [0.05, 0.1) is 22.8 Å². The van der Waals surface area contributed by atoms with Gasteiger partial charge in [-0.25, -0.2) is 9.97 Å². The van der Waals surface area contributed by atoms with Crippen molar-refractivity contribution in [3.63, 3.8) is 0 Å². The second kappa shape index (κ2) is 10.4. The molecule has 9 aromatic rings. The molecule has 4 heteroatoms. The maximum absolute atomic E-state index is 6.85. The number of allylic oxidation sites excluding steroid dienone is 4. The van der Waals surface area contributed by atoms with Gasteiger partial charge in [-0.2, -0.15) is 0 Å². The van der Waals surface area contributed by atoms with Crippen molar-refractivity contribution in [3.8, 4) is 22.4 Å². The van der Waals surface area contributed by atoms with Crippen molar-refractivity contribution in [2.24, 2.45) is 0 Å². The maximum Gasteiger partial charge on any atom is 0.160 e. The minimum Gasteiger partial charge on any atom is -0.455 e. The van der Waals surface area contributed by atoms with Crippen molar-refractivity contribution in [1.29, 1.82) is 0 Å². The molecule has 6 aromatic carbocycles. The average molecular weight is 656 g/mol. The Morgan fingerprint density at radius 3 is 2.27 bits per heavy atom. The third-order valence-electron chi connectivity index (χ3n) is 11.3. The van der Waals surface area contributed by atoms with E-state index >= 15 is 0 Å². The third kappa shape index (κ3) is 3.90. The van der Waals surface area contributed by atoms with E-state index in [9.17, 15) is 0 Å². The first kappa shape index (κ1) is 28.6. The molecule has 0 fully saturated rings. The van der Waals surface area contributed by atoms with Gasteiger partial charge < -0.3 is 8.98 Å². The second-order valence-electron chi connectivity index (χ2n) is 14.4. The van der Waals surface area contributed by atoms with Gasteiger partial charge in [0.15, 0.2) is 5.82 Å². The summed E-state index contributed by atoms with van der Waals surface area (Å²) in [5.74, 6) is 0.758. The van der Waals surface area contributed by atoms with E-state index in [0.29, 0.717) is 0 Å². The summed E-state index contributed by atoms with van der Waals surface area (Å²) in [6, 6.07) is 45.2. The third-order valence-corrected chi connectivity index (χ3v) is 11.3. The molecule has 0 radical (unpaired) electrons. The Labute approximate surface area is 295 Å². The number of fused-ring (bicyclic) bond motifs is 13. The fourth-order valence-corrected chi connectivity index (χ4v) is 9.04. The average Bonchev–Trinajstić information content (AvgIpc) is 3.80. The van der Waals surface area contributed by atoms with Crippen LogP contribution in [0, 0.1) is 0 Å². The van der Waals surface area contributed by atoms with Gasteiger partial charge >= 0.3 is 0 Å². The molecule has 4 nitrogen and oxygen atoms in total. The normalized spacial score (nSPS) is 16.4. The molecule has 242 valence electrons. The van der Waals surface area contributed by atoms with E-state index in [2.05, 4.69) is 158 Å². The van der Waals surface area contributed by atoms with E-state index < -0.39 is 0 Å².